The van der Waals surface area contributed by atoms with Crippen LogP contribution in [0.3, 0.4) is 0 Å². The number of halogens is 4. The van der Waals surface area contributed by atoms with Crippen molar-refractivity contribution in [2.24, 2.45) is 0 Å². The molecule has 0 saturated carbocycles. The van der Waals surface area contributed by atoms with Crippen LogP contribution in [0.1, 0.15) is 34.9 Å². The zero-order chi connectivity index (χ0) is 29.6. The smallest absolute Gasteiger partial charge is 0.382 e. The molecule has 5 aromatic rings. The van der Waals surface area contributed by atoms with Crippen LogP contribution in [-0.4, -0.2) is 47.3 Å². The number of para-hydroxylation sites is 1. The first-order valence-corrected chi connectivity index (χ1v) is 15.7. The summed E-state index contributed by atoms with van der Waals surface area (Å²) in [7, 11) is -5.38. The Hall–Kier alpha value is -3.45. The Morgan fingerprint density at radius 1 is 1.00 bits per heavy atom. The van der Waals surface area contributed by atoms with Crippen molar-refractivity contribution >= 4 is 59.8 Å². The highest BCUT2D eigenvalue weighted by atomic mass is 35.5. The maximum atomic E-state index is 13.0. The number of nitrogens with zero attached hydrogens (tertiary/aromatic N) is 2. The summed E-state index contributed by atoms with van der Waals surface area (Å²) in [5, 5.41) is 5.51. The third-order valence-electron chi connectivity index (χ3n) is 7.41. The van der Waals surface area contributed by atoms with Gasteiger partial charge >= 0.3 is 15.5 Å². The average molecular weight is 633 g/mol. The number of benzene rings is 3. The SMILES string of the molecule is O=c1cc(NC2CCN(S(=O)(=O)C(F)(F)F)CC2)c2cc(C(c3ccc(Cl)cc3)c3nc4ccccc4s3)ccc2[nH]1. The van der Waals surface area contributed by atoms with Gasteiger partial charge in [0.05, 0.1) is 21.7 Å². The third kappa shape index (κ3) is 5.51. The second-order valence-electron chi connectivity index (χ2n) is 10.1. The summed E-state index contributed by atoms with van der Waals surface area (Å²) in [6.07, 6.45) is 0.310. The van der Waals surface area contributed by atoms with E-state index in [-0.39, 0.29) is 43.5 Å². The molecule has 7 nitrogen and oxygen atoms in total. The highest BCUT2D eigenvalue weighted by Gasteiger charge is 2.50. The Kier molecular flexibility index (Phi) is 7.50. The number of alkyl halides is 3. The normalized spacial score (nSPS) is 16.2. The summed E-state index contributed by atoms with van der Waals surface area (Å²) in [5.41, 5.74) is -1.77. The van der Waals surface area contributed by atoms with Gasteiger partial charge in [-0.25, -0.2) is 13.4 Å². The molecule has 1 unspecified atom stereocenters. The van der Waals surface area contributed by atoms with E-state index in [4.69, 9.17) is 16.6 Å². The molecule has 1 fully saturated rings. The molecule has 0 radical (unpaired) electrons. The van der Waals surface area contributed by atoms with Gasteiger partial charge in [-0.1, -0.05) is 41.9 Å². The molecule has 1 saturated heterocycles. The summed E-state index contributed by atoms with van der Waals surface area (Å²) < 4.78 is 64.2. The van der Waals surface area contributed by atoms with Crippen molar-refractivity contribution in [3.05, 3.63) is 104 Å². The molecule has 2 aromatic heterocycles. The molecule has 2 N–H and O–H groups in total. The highest BCUT2D eigenvalue weighted by Crippen LogP contribution is 2.39. The number of rotatable bonds is 6. The molecule has 6 rings (SSSR count). The quantitative estimate of drug-likeness (QED) is 0.217. The molecule has 0 aliphatic carbocycles. The van der Waals surface area contributed by atoms with Gasteiger partial charge in [-0.15, -0.1) is 11.3 Å². The lowest BCUT2D eigenvalue weighted by Crippen LogP contribution is -2.47. The molecule has 1 atom stereocenters. The summed E-state index contributed by atoms with van der Waals surface area (Å²) in [4.78, 5) is 20.3. The van der Waals surface area contributed by atoms with Gasteiger partial charge in [0.15, 0.2) is 0 Å². The van der Waals surface area contributed by atoms with E-state index in [1.807, 2.05) is 66.7 Å². The second kappa shape index (κ2) is 11.0. The standard InChI is InChI=1S/C29H24ClF3N4O3S2/c30-19-8-5-17(6-9-19)27(28-36-23-3-1-2-4-25(23)41-28)18-7-10-22-21(15-18)24(16-26(38)35-22)34-20-11-13-37(14-12-20)42(39,40)29(31,32)33/h1-10,15-16,20,27H,11-14H2,(H2,34,35,38). The first-order chi connectivity index (χ1) is 20.0. The Bertz CT molecular complexity index is 1900. The van der Waals surface area contributed by atoms with E-state index in [9.17, 15) is 26.4 Å². The van der Waals surface area contributed by atoms with E-state index >= 15 is 0 Å². The number of fused-ring (bicyclic) bond motifs is 2. The van der Waals surface area contributed by atoms with Gasteiger partial charge in [-0.2, -0.15) is 17.5 Å². The van der Waals surface area contributed by atoms with Crippen LogP contribution < -0.4 is 10.9 Å². The lowest BCUT2D eigenvalue weighted by atomic mass is 9.90. The predicted octanol–water partition coefficient (Wildman–Crippen LogP) is 6.70. The van der Waals surface area contributed by atoms with Crippen molar-refractivity contribution in [2.75, 3.05) is 18.4 Å². The number of H-pyrrole nitrogens is 1. The maximum Gasteiger partial charge on any atom is 0.511 e. The number of hydrogen-bond acceptors (Lipinski definition) is 6. The first kappa shape index (κ1) is 28.7. The van der Waals surface area contributed by atoms with Crippen molar-refractivity contribution in [3.8, 4) is 0 Å². The topological polar surface area (TPSA) is 95.2 Å². The molecule has 3 aromatic carbocycles. The van der Waals surface area contributed by atoms with Crippen molar-refractivity contribution < 1.29 is 21.6 Å². The number of nitrogens with one attached hydrogen (secondary N) is 2. The number of anilines is 1. The molecule has 1 aliphatic rings. The van der Waals surface area contributed by atoms with E-state index in [2.05, 4.69) is 10.3 Å². The zero-order valence-corrected chi connectivity index (χ0v) is 24.2. The van der Waals surface area contributed by atoms with Crippen molar-refractivity contribution in [1.82, 2.24) is 14.3 Å². The minimum atomic E-state index is -5.38. The molecule has 3 heterocycles. The number of aromatic nitrogens is 2. The van der Waals surface area contributed by atoms with E-state index in [1.54, 1.807) is 11.3 Å². The summed E-state index contributed by atoms with van der Waals surface area (Å²) >= 11 is 7.78. The molecular weight excluding hydrogens is 609 g/mol. The Morgan fingerprint density at radius 2 is 1.69 bits per heavy atom. The van der Waals surface area contributed by atoms with Gasteiger partial charge in [0, 0.05) is 41.3 Å². The second-order valence-corrected chi connectivity index (χ2v) is 13.6. The predicted molar refractivity (Wildman–Crippen MR) is 160 cm³/mol. The molecule has 13 heteroatoms. The average Bonchev–Trinajstić information content (AvgIpc) is 3.38. The highest BCUT2D eigenvalue weighted by molar-refractivity contribution is 7.90. The minimum absolute atomic E-state index is 0.155. The minimum Gasteiger partial charge on any atom is -0.382 e. The van der Waals surface area contributed by atoms with Crippen LogP contribution >= 0.6 is 22.9 Å². The Labute approximate surface area is 248 Å². The van der Waals surface area contributed by atoms with Crippen molar-refractivity contribution in [1.29, 1.82) is 0 Å². The van der Waals surface area contributed by atoms with Gasteiger partial charge in [0.2, 0.25) is 5.56 Å². The summed E-state index contributed by atoms with van der Waals surface area (Å²) in [6.45, 7) is -0.551. The molecule has 1 aliphatic heterocycles. The van der Waals surface area contributed by atoms with Crippen LogP contribution in [0.5, 0.6) is 0 Å². The van der Waals surface area contributed by atoms with Crippen molar-refractivity contribution in [2.45, 2.75) is 30.3 Å². The molecule has 0 bridgehead atoms. The molecule has 0 amide bonds. The van der Waals surface area contributed by atoms with E-state index in [1.165, 1.54) is 6.07 Å². The summed E-state index contributed by atoms with van der Waals surface area (Å²) in [5.74, 6) is -0.236. The molecular formula is C29H24ClF3N4O3S2. The monoisotopic (exact) mass is 632 g/mol. The van der Waals surface area contributed by atoms with Gasteiger partial charge in [-0.05, 0) is 60.4 Å². The van der Waals surface area contributed by atoms with Crippen molar-refractivity contribution in [3.63, 3.8) is 0 Å². The summed E-state index contributed by atoms with van der Waals surface area (Å²) in [6, 6.07) is 22.3. The number of hydrogen-bond donors (Lipinski definition) is 2. The van der Waals surface area contributed by atoms with Crippen LogP contribution in [0.4, 0.5) is 18.9 Å². The molecule has 0 spiro atoms. The fourth-order valence-electron chi connectivity index (χ4n) is 5.32. The van der Waals surface area contributed by atoms with Crippen LogP contribution in [0.15, 0.2) is 77.6 Å². The van der Waals surface area contributed by atoms with Gasteiger partial charge in [0.1, 0.15) is 5.01 Å². The van der Waals surface area contributed by atoms with Crippen LogP contribution in [0.25, 0.3) is 21.1 Å². The van der Waals surface area contributed by atoms with Crippen LogP contribution in [0.2, 0.25) is 5.02 Å². The number of sulfonamides is 1. The van der Waals surface area contributed by atoms with Gasteiger partial charge in [0.25, 0.3) is 0 Å². The van der Waals surface area contributed by atoms with Crippen LogP contribution in [0, 0.1) is 0 Å². The molecule has 218 valence electrons. The number of piperidine rings is 1. The van der Waals surface area contributed by atoms with E-state index < -0.39 is 15.5 Å². The first-order valence-electron chi connectivity index (χ1n) is 13.1. The lowest BCUT2D eigenvalue weighted by molar-refractivity contribution is -0.0494. The van der Waals surface area contributed by atoms with Gasteiger partial charge < -0.3 is 10.3 Å². The number of thiazole rings is 1. The van der Waals surface area contributed by atoms with E-state index in [0.717, 1.165) is 31.7 Å². The van der Waals surface area contributed by atoms with E-state index in [0.29, 0.717) is 20.5 Å². The Balaban J connectivity index is 1.36. The Morgan fingerprint density at radius 3 is 2.38 bits per heavy atom. The lowest BCUT2D eigenvalue weighted by Gasteiger charge is -2.32. The van der Waals surface area contributed by atoms with Crippen LogP contribution in [-0.2, 0) is 10.0 Å². The zero-order valence-electron chi connectivity index (χ0n) is 21.9. The van der Waals surface area contributed by atoms with Gasteiger partial charge in [-0.3, -0.25) is 4.79 Å². The number of aromatic amines is 1. The number of pyridine rings is 1. The largest absolute Gasteiger partial charge is 0.511 e. The fourth-order valence-corrected chi connectivity index (χ4v) is 7.56. The third-order valence-corrected chi connectivity index (χ3v) is 10.4. The fraction of sp³-hybridized carbons (Fsp3) is 0.241. The molecule has 42 heavy (non-hydrogen) atoms. The maximum absolute atomic E-state index is 13.0.